The highest BCUT2D eigenvalue weighted by Gasteiger charge is 2.24. The minimum absolute atomic E-state index is 0.0690. The molecule has 1 aromatic carbocycles. The van der Waals surface area contributed by atoms with Gasteiger partial charge in [-0.15, -0.1) is 10.2 Å². The third kappa shape index (κ3) is 4.56. The molecule has 0 bridgehead atoms. The molecule has 1 aromatic heterocycles. The number of carbonyl (C=O) groups excluding carboxylic acids is 2. The van der Waals surface area contributed by atoms with Gasteiger partial charge in [-0.1, -0.05) is 35.5 Å². The molecule has 138 valence electrons. The van der Waals surface area contributed by atoms with Crippen molar-refractivity contribution in [2.24, 2.45) is 7.05 Å². The fourth-order valence-corrected chi connectivity index (χ4v) is 3.43. The van der Waals surface area contributed by atoms with E-state index in [1.54, 1.807) is 17.7 Å². The van der Waals surface area contributed by atoms with Crippen LogP contribution in [-0.4, -0.2) is 56.9 Å². The zero-order chi connectivity index (χ0) is 18.7. The third-order valence-corrected chi connectivity index (χ3v) is 5.36. The third-order valence-electron chi connectivity index (χ3n) is 4.02. The van der Waals surface area contributed by atoms with E-state index in [0.29, 0.717) is 22.0 Å². The second-order valence-corrected chi connectivity index (χ2v) is 7.58. The molecule has 0 saturated heterocycles. The molecule has 0 unspecified atom stereocenters. The summed E-state index contributed by atoms with van der Waals surface area (Å²) in [6.45, 7) is 0.0690. The fraction of sp³-hybridized carbons (Fsp3) is 0.412. The quantitative estimate of drug-likeness (QED) is 0.727. The van der Waals surface area contributed by atoms with Crippen molar-refractivity contribution in [3.05, 3.63) is 29.3 Å². The Labute approximate surface area is 161 Å². The van der Waals surface area contributed by atoms with Crippen LogP contribution in [0.1, 0.15) is 12.8 Å². The van der Waals surface area contributed by atoms with Crippen LogP contribution in [0.25, 0.3) is 11.4 Å². The van der Waals surface area contributed by atoms with E-state index in [4.69, 9.17) is 11.6 Å². The first-order chi connectivity index (χ1) is 12.5. The van der Waals surface area contributed by atoms with Crippen molar-refractivity contribution in [3.8, 4) is 11.4 Å². The van der Waals surface area contributed by atoms with Crippen LogP contribution in [0.2, 0.25) is 5.02 Å². The molecule has 26 heavy (non-hydrogen) atoms. The molecular formula is C17H20ClN5O2S. The molecule has 9 heteroatoms. The largest absolute Gasteiger partial charge is 0.352 e. The molecule has 1 fully saturated rings. The van der Waals surface area contributed by atoms with Gasteiger partial charge in [-0.05, 0) is 25.0 Å². The molecule has 2 amide bonds. The van der Waals surface area contributed by atoms with E-state index in [1.165, 1.54) is 16.7 Å². The van der Waals surface area contributed by atoms with Crippen molar-refractivity contribution in [3.63, 3.8) is 0 Å². The van der Waals surface area contributed by atoms with Crippen molar-refractivity contribution in [1.82, 2.24) is 25.0 Å². The maximum Gasteiger partial charge on any atom is 0.239 e. The summed E-state index contributed by atoms with van der Waals surface area (Å²) < 4.78 is 1.80. The monoisotopic (exact) mass is 393 g/mol. The van der Waals surface area contributed by atoms with Crippen molar-refractivity contribution in [2.75, 3.05) is 19.3 Å². The van der Waals surface area contributed by atoms with E-state index in [-0.39, 0.29) is 24.1 Å². The SMILES string of the molecule is CN(CC(=O)NC1CC1)C(=O)CSc1nnc(-c2ccccc2Cl)n1C. The van der Waals surface area contributed by atoms with Crippen LogP contribution in [0, 0.1) is 0 Å². The standard InChI is InChI=1S/C17H20ClN5O2S/c1-22(9-14(24)19-11-7-8-11)15(25)10-26-17-21-20-16(23(17)2)12-5-3-4-6-13(12)18/h3-6,11H,7-10H2,1-2H3,(H,19,24). The summed E-state index contributed by atoms with van der Waals surface area (Å²) in [6, 6.07) is 7.70. The Hall–Kier alpha value is -2.06. The van der Waals surface area contributed by atoms with Gasteiger partial charge in [0, 0.05) is 25.7 Å². The minimum atomic E-state index is -0.136. The number of nitrogens with zero attached hydrogens (tertiary/aromatic N) is 4. The lowest BCUT2D eigenvalue weighted by Crippen LogP contribution is -2.39. The van der Waals surface area contributed by atoms with Gasteiger partial charge in [-0.25, -0.2) is 0 Å². The topological polar surface area (TPSA) is 80.1 Å². The smallest absolute Gasteiger partial charge is 0.239 e. The summed E-state index contributed by atoms with van der Waals surface area (Å²) in [7, 11) is 3.46. The van der Waals surface area contributed by atoms with Gasteiger partial charge in [0.2, 0.25) is 11.8 Å². The fourth-order valence-electron chi connectivity index (χ4n) is 2.36. The van der Waals surface area contributed by atoms with E-state index in [1.807, 2.05) is 25.2 Å². The zero-order valence-electron chi connectivity index (χ0n) is 14.6. The summed E-state index contributed by atoms with van der Waals surface area (Å²) in [5.41, 5.74) is 0.788. The van der Waals surface area contributed by atoms with Crippen LogP contribution >= 0.6 is 23.4 Å². The van der Waals surface area contributed by atoms with E-state index in [0.717, 1.165) is 18.4 Å². The molecule has 7 nitrogen and oxygen atoms in total. The van der Waals surface area contributed by atoms with E-state index >= 15 is 0 Å². The first kappa shape index (κ1) is 18.7. The molecule has 1 heterocycles. The molecule has 1 N–H and O–H groups in total. The Bertz CT molecular complexity index is 821. The predicted molar refractivity (Wildman–Crippen MR) is 101 cm³/mol. The van der Waals surface area contributed by atoms with Gasteiger partial charge in [0.25, 0.3) is 0 Å². The molecule has 0 aliphatic heterocycles. The average molecular weight is 394 g/mol. The second-order valence-electron chi connectivity index (χ2n) is 6.23. The number of halogens is 1. The van der Waals surface area contributed by atoms with Gasteiger partial charge >= 0.3 is 0 Å². The Balaban J connectivity index is 1.57. The number of likely N-dealkylation sites (N-methyl/N-ethyl adjacent to an activating group) is 1. The predicted octanol–water partition coefficient (Wildman–Crippen LogP) is 1.96. The highest BCUT2D eigenvalue weighted by molar-refractivity contribution is 7.99. The Morgan fingerprint density at radius 3 is 2.77 bits per heavy atom. The summed E-state index contributed by atoms with van der Waals surface area (Å²) in [5, 5.41) is 12.4. The lowest BCUT2D eigenvalue weighted by Gasteiger charge is -2.16. The molecule has 0 spiro atoms. The summed E-state index contributed by atoms with van der Waals surface area (Å²) >= 11 is 7.49. The lowest BCUT2D eigenvalue weighted by atomic mass is 10.2. The van der Waals surface area contributed by atoms with Crippen LogP contribution in [-0.2, 0) is 16.6 Å². The summed E-state index contributed by atoms with van der Waals surface area (Å²) in [6.07, 6.45) is 2.05. The molecule has 3 rings (SSSR count). The van der Waals surface area contributed by atoms with Gasteiger partial charge in [-0.3, -0.25) is 9.59 Å². The van der Waals surface area contributed by atoms with Crippen LogP contribution in [0.3, 0.4) is 0 Å². The number of carbonyl (C=O) groups is 2. The lowest BCUT2D eigenvalue weighted by molar-refractivity contribution is -0.132. The molecule has 0 atom stereocenters. The van der Waals surface area contributed by atoms with Crippen LogP contribution in [0.15, 0.2) is 29.4 Å². The summed E-state index contributed by atoms with van der Waals surface area (Å²) in [5.74, 6) is 0.570. The first-order valence-corrected chi connectivity index (χ1v) is 9.62. The highest BCUT2D eigenvalue weighted by Crippen LogP contribution is 2.28. The Kier molecular flexibility index (Phi) is 5.83. The Morgan fingerprint density at radius 2 is 2.08 bits per heavy atom. The van der Waals surface area contributed by atoms with E-state index in [9.17, 15) is 9.59 Å². The van der Waals surface area contributed by atoms with Crippen LogP contribution in [0.4, 0.5) is 0 Å². The maximum absolute atomic E-state index is 12.2. The number of thioether (sulfide) groups is 1. The molecular weight excluding hydrogens is 374 g/mol. The van der Waals surface area contributed by atoms with Crippen molar-refractivity contribution in [1.29, 1.82) is 0 Å². The van der Waals surface area contributed by atoms with Crippen molar-refractivity contribution in [2.45, 2.75) is 24.0 Å². The molecule has 1 aliphatic rings. The number of aromatic nitrogens is 3. The van der Waals surface area contributed by atoms with Gasteiger partial charge in [-0.2, -0.15) is 0 Å². The molecule has 2 aromatic rings. The molecule has 1 saturated carbocycles. The van der Waals surface area contributed by atoms with Gasteiger partial charge in [0.1, 0.15) is 0 Å². The highest BCUT2D eigenvalue weighted by atomic mass is 35.5. The number of rotatable bonds is 7. The van der Waals surface area contributed by atoms with Gasteiger partial charge in [0.15, 0.2) is 11.0 Å². The first-order valence-electron chi connectivity index (χ1n) is 8.26. The number of hydrogen-bond acceptors (Lipinski definition) is 5. The van der Waals surface area contributed by atoms with E-state index < -0.39 is 0 Å². The number of nitrogens with one attached hydrogen (secondary N) is 1. The average Bonchev–Trinajstić information content (AvgIpc) is 3.34. The zero-order valence-corrected chi connectivity index (χ0v) is 16.2. The van der Waals surface area contributed by atoms with Crippen LogP contribution < -0.4 is 5.32 Å². The van der Waals surface area contributed by atoms with Crippen molar-refractivity contribution < 1.29 is 9.59 Å². The number of hydrogen-bond donors (Lipinski definition) is 1. The van der Waals surface area contributed by atoms with E-state index in [2.05, 4.69) is 15.5 Å². The second kappa shape index (κ2) is 8.09. The maximum atomic E-state index is 12.2. The number of benzene rings is 1. The molecule has 0 radical (unpaired) electrons. The van der Waals surface area contributed by atoms with Crippen LogP contribution in [0.5, 0.6) is 0 Å². The number of amides is 2. The summed E-state index contributed by atoms with van der Waals surface area (Å²) in [4.78, 5) is 25.4. The van der Waals surface area contributed by atoms with Gasteiger partial charge in [0.05, 0.1) is 17.3 Å². The van der Waals surface area contributed by atoms with Crippen molar-refractivity contribution >= 4 is 35.2 Å². The minimum Gasteiger partial charge on any atom is -0.352 e. The van der Waals surface area contributed by atoms with Gasteiger partial charge < -0.3 is 14.8 Å². The normalized spacial score (nSPS) is 13.5. The Morgan fingerprint density at radius 1 is 1.35 bits per heavy atom. The molecule has 1 aliphatic carbocycles.